The number of likely N-dealkylation sites (tertiary alicyclic amines) is 1. The van der Waals surface area contributed by atoms with Gasteiger partial charge < -0.3 is 25.2 Å². The quantitative estimate of drug-likeness (QED) is 0.842. The maximum atomic E-state index is 12.4. The Balaban J connectivity index is 1.44. The fourth-order valence-corrected chi connectivity index (χ4v) is 3.53. The molecule has 26 heavy (non-hydrogen) atoms. The molecule has 0 bridgehead atoms. The van der Waals surface area contributed by atoms with Crippen LogP contribution in [0.25, 0.3) is 0 Å². The zero-order valence-electron chi connectivity index (χ0n) is 15.9. The van der Waals surface area contributed by atoms with Crippen LogP contribution in [-0.2, 0) is 4.74 Å². The first-order chi connectivity index (χ1) is 12.6. The number of amides is 2. The molecule has 1 aromatic heterocycles. The average Bonchev–Trinajstić information content (AvgIpc) is 3.05. The van der Waals surface area contributed by atoms with Crippen molar-refractivity contribution in [3.8, 4) is 0 Å². The lowest BCUT2D eigenvalue weighted by molar-refractivity contribution is 0.109. The fourth-order valence-electron chi connectivity index (χ4n) is 3.53. The first-order valence-corrected chi connectivity index (χ1v) is 9.66. The second kappa shape index (κ2) is 9.07. The number of aromatic nitrogens is 1. The summed E-state index contributed by atoms with van der Waals surface area (Å²) in [6.07, 6.45) is 7.24. The maximum Gasteiger partial charge on any atom is 0.317 e. The van der Waals surface area contributed by atoms with E-state index in [9.17, 15) is 4.79 Å². The highest BCUT2D eigenvalue weighted by Gasteiger charge is 2.22. The summed E-state index contributed by atoms with van der Waals surface area (Å²) >= 11 is 0. The van der Waals surface area contributed by atoms with Gasteiger partial charge in [-0.05, 0) is 44.2 Å². The molecule has 7 nitrogen and oxygen atoms in total. The van der Waals surface area contributed by atoms with Crippen molar-refractivity contribution < 1.29 is 9.53 Å². The first kappa shape index (κ1) is 18.8. The van der Waals surface area contributed by atoms with Crippen LogP contribution in [0.4, 0.5) is 16.3 Å². The minimum absolute atomic E-state index is 0.0400. The van der Waals surface area contributed by atoms with E-state index in [4.69, 9.17) is 4.74 Å². The monoisotopic (exact) mass is 361 g/mol. The summed E-state index contributed by atoms with van der Waals surface area (Å²) in [5, 5.41) is 6.59. The molecular weight excluding hydrogens is 330 g/mol. The zero-order chi connectivity index (χ0) is 18.4. The molecule has 3 rings (SSSR count). The molecule has 2 N–H and O–H groups in total. The van der Waals surface area contributed by atoms with E-state index in [1.807, 2.05) is 36.2 Å². The van der Waals surface area contributed by atoms with Gasteiger partial charge in [0.1, 0.15) is 5.82 Å². The molecule has 0 aromatic carbocycles. The molecule has 7 heteroatoms. The van der Waals surface area contributed by atoms with Gasteiger partial charge in [0, 0.05) is 46.4 Å². The molecule has 2 saturated heterocycles. The van der Waals surface area contributed by atoms with E-state index in [0.29, 0.717) is 12.6 Å². The molecule has 0 radical (unpaired) electrons. The number of hydrogen-bond donors (Lipinski definition) is 2. The van der Waals surface area contributed by atoms with Crippen LogP contribution in [0.2, 0.25) is 0 Å². The molecular formula is C19H31N5O2. The van der Waals surface area contributed by atoms with Gasteiger partial charge in [0.05, 0.1) is 18.0 Å². The van der Waals surface area contributed by atoms with Crippen molar-refractivity contribution in [2.45, 2.75) is 44.2 Å². The molecule has 2 aliphatic heterocycles. The lowest BCUT2D eigenvalue weighted by Crippen LogP contribution is -2.43. The van der Waals surface area contributed by atoms with Crippen LogP contribution >= 0.6 is 0 Å². The van der Waals surface area contributed by atoms with E-state index in [1.165, 1.54) is 0 Å². The highest BCUT2D eigenvalue weighted by Crippen LogP contribution is 2.18. The van der Waals surface area contributed by atoms with Gasteiger partial charge >= 0.3 is 6.03 Å². The second-order valence-electron chi connectivity index (χ2n) is 7.38. The highest BCUT2D eigenvalue weighted by molar-refractivity contribution is 5.74. The molecule has 144 valence electrons. The maximum absolute atomic E-state index is 12.4. The van der Waals surface area contributed by atoms with Crippen LogP contribution in [0.15, 0.2) is 18.3 Å². The standard InChI is InChI=1S/C19H31N5O2/c1-23(2)18-8-7-16(13-20-18)22-15-5-3-10-24(11-9-15)19(25)21-14-17-6-4-12-26-17/h7-8,13,15,17,22H,3-6,9-12,14H2,1-2H3,(H,21,25)/t15-,17-/m1/s1. The summed E-state index contributed by atoms with van der Waals surface area (Å²) in [6.45, 7) is 3.04. The molecule has 2 amide bonds. The van der Waals surface area contributed by atoms with Crippen LogP contribution in [-0.4, -0.2) is 68.4 Å². The first-order valence-electron chi connectivity index (χ1n) is 9.66. The molecule has 0 aliphatic carbocycles. The Hall–Kier alpha value is -2.02. The van der Waals surface area contributed by atoms with E-state index in [2.05, 4.69) is 21.7 Å². The Labute approximate surface area is 156 Å². The van der Waals surface area contributed by atoms with Gasteiger partial charge in [-0.1, -0.05) is 0 Å². The van der Waals surface area contributed by atoms with Crippen molar-refractivity contribution in [1.82, 2.24) is 15.2 Å². The van der Waals surface area contributed by atoms with Crippen molar-refractivity contribution in [2.75, 3.05) is 50.6 Å². The number of nitrogens with zero attached hydrogens (tertiary/aromatic N) is 3. The number of rotatable bonds is 5. The third-order valence-corrected chi connectivity index (χ3v) is 5.10. The predicted octanol–water partition coefficient (Wildman–Crippen LogP) is 2.30. The predicted molar refractivity (Wildman–Crippen MR) is 104 cm³/mol. The number of hydrogen-bond acceptors (Lipinski definition) is 5. The Bertz CT molecular complexity index is 572. The summed E-state index contributed by atoms with van der Waals surface area (Å²) < 4.78 is 5.57. The molecule has 1 aromatic rings. The molecule has 0 spiro atoms. The van der Waals surface area contributed by atoms with Gasteiger partial charge in [0.2, 0.25) is 0 Å². The summed E-state index contributed by atoms with van der Waals surface area (Å²) in [7, 11) is 3.97. The Kier molecular flexibility index (Phi) is 6.55. The molecule has 0 unspecified atom stereocenters. The van der Waals surface area contributed by atoms with E-state index >= 15 is 0 Å². The largest absolute Gasteiger partial charge is 0.381 e. The third-order valence-electron chi connectivity index (χ3n) is 5.10. The van der Waals surface area contributed by atoms with Crippen molar-refractivity contribution in [3.05, 3.63) is 18.3 Å². The van der Waals surface area contributed by atoms with Gasteiger partial charge in [-0.15, -0.1) is 0 Å². The number of ether oxygens (including phenoxy) is 1. The Morgan fingerprint density at radius 2 is 2.15 bits per heavy atom. The lowest BCUT2D eigenvalue weighted by Gasteiger charge is -2.22. The highest BCUT2D eigenvalue weighted by atomic mass is 16.5. The van der Waals surface area contributed by atoms with Gasteiger partial charge in [0.25, 0.3) is 0 Å². The third kappa shape index (κ3) is 5.24. The fraction of sp³-hybridized carbons (Fsp3) is 0.684. The number of nitrogens with one attached hydrogen (secondary N) is 2. The lowest BCUT2D eigenvalue weighted by atomic mass is 10.1. The van der Waals surface area contributed by atoms with E-state index in [-0.39, 0.29) is 12.1 Å². The minimum atomic E-state index is 0.0400. The summed E-state index contributed by atoms with van der Waals surface area (Å²) in [5.74, 6) is 0.950. The average molecular weight is 361 g/mol. The van der Waals surface area contributed by atoms with E-state index in [1.54, 1.807) is 0 Å². The molecule has 0 saturated carbocycles. The molecule has 2 fully saturated rings. The normalized spacial score (nSPS) is 23.4. The summed E-state index contributed by atoms with van der Waals surface area (Å²) in [6, 6.07) is 4.50. The van der Waals surface area contributed by atoms with Gasteiger partial charge in [0.15, 0.2) is 0 Å². The van der Waals surface area contributed by atoms with Gasteiger partial charge in [-0.25, -0.2) is 9.78 Å². The van der Waals surface area contributed by atoms with Crippen LogP contribution < -0.4 is 15.5 Å². The van der Waals surface area contributed by atoms with Crippen molar-refractivity contribution >= 4 is 17.5 Å². The zero-order valence-corrected chi connectivity index (χ0v) is 15.9. The molecule has 2 atom stereocenters. The molecule has 3 heterocycles. The van der Waals surface area contributed by atoms with Crippen molar-refractivity contribution in [1.29, 1.82) is 0 Å². The molecule has 2 aliphatic rings. The SMILES string of the molecule is CN(C)c1ccc(N[C@@H]2CCCN(C(=O)NC[C@H]3CCCO3)CC2)cn1. The van der Waals surface area contributed by atoms with Gasteiger partial charge in [-0.3, -0.25) is 0 Å². The number of anilines is 2. The van der Waals surface area contributed by atoms with Crippen LogP contribution in [0.1, 0.15) is 32.1 Å². The van der Waals surface area contributed by atoms with Crippen LogP contribution in [0, 0.1) is 0 Å². The van der Waals surface area contributed by atoms with Crippen molar-refractivity contribution in [2.24, 2.45) is 0 Å². The van der Waals surface area contributed by atoms with E-state index in [0.717, 1.165) is 63.3 Å². The Morgan fingerprint density at radius 1 is 1.27 bits per heavy atom. The number of carbonyl (C=O) groups excluding carboxylic acids is 1. The topological polar surface area (TPSA) is 69.7 Å². The summed E-state index contributed by atoms with van der Waals surface area (Å²) in [4.78, 5) is 20.8. The second-order valence-corrected chi connectivity index (χ2v) is 7.38. The smallest absolute Gasteiger partial charge is 0.317 e. The van der Waals surface area contributed by atoms with Crippen LogP contribution in [0.5, 0.6) is 0 Å². The van der Waals surface area contributed by atoms with Crippen molar-refractivity contribution in [3.63, 3.8) is 0 Å². The van der Waals surface area contributed by atoms with Crippen LogP contribution in [0.3, 0.4) is 0 Å². The number of carbonyl (C=O) groups is 1. The number of pyridine rings is 1. The summed E-state index contributed by atoms with van der Waals surface area (Å²) in [5.41, 5.74) is 1.04. The number of urea groups is 1. The minimum Gasteiger partial charge on any atom is -0.381 e. The van der Waals surface area contributed by atoms with Gasteiger partial charge in [-0.2, -0.15) is 0 Å². The van der Waals surface area contributed by atoms with E-state index < -0.39 is 0 Å². The Morgan fingerprint density at radius 3 is 2.85 bits per heavy atom.